The summed E-state index contributed by atoms with van der Waals surface area (Å²) in [5.41, 5.74) is 10.2. The van der Waals surface area contributed by atoms with E-state index in [9.17, 15) is 4.39 Å². The molecule has 2 aromatic rings. The molecular weight excluding hydrogens is 233 g/mol. The number of H-pyrrole nitrogens is 1. The minimum atomic E-state index is -0.233. The van der Waals surface area contributed by atoms with Crippen molar-refractivity contribution in [3.05, 3.63) is 64.3 Å². The SMILES string of the molecule is [N-]=[N+]=NCC[n+]1c[nH]cc1Cc1cccc(F)c1. The lowest BCUT2D eigenvalue weighted by Gasteiger charge is -2.01. The fourth-order valence-electron chi connectivity index (χ4n) is 1.80. The average molecular weight is 246 g/mol. The van der Waals surface area contributed by atoms with Gasteiger partial charge in [0.2, 0.25) is 6.33 Å². The number of azide groups is 1. The van der Waals surface area contributed by atoms with Gasteiger partial charge in [-0.1, -0.05) is 17.2 Å². The second kappa shape index (κ2) is 5.84. The van der Waals surface area contributed by atoms with Crippen molar-refractivity contribution in [2.45, 2.75) is 13.0 Å². The van der Waals surface area contributed by atoms with Crippen molar-refractivity contribution in [3.8, 4) is 0 Å². The molecule has 18 heavy (non-hydrogen) atoms. The molecule has 0 amide bonds. The zero-order chi connectivity index (χ0) is 12.8. The summed E-state index contributed by atoms with van der Waals surface area (Å²) >= 11 is 0. The second-order valence-electron chi connectivity index (χ2n) is 3.89. The number of nitrogens with zero attached hydrogens (tertiary/aromatic N) is 4. The summed E-state index contributed by atoms with van der Waals surface area (Å²) < 4.78 is 15.0. The first kappa shape index (κ1) is 12.1. The van der Waals surface area contributed by atoms with Crippen LogP contribution in [0.2, 0.25) is 0 Å². The van der Waals surface area contributed by atoms with Crippen LogP contribution < -0.4 is 4.57 Å². The fraction of sp³-hybridized carbons (Fsp3) is 0.250. The number of aromatic nitrogens is 2. The van der Waals surface area contributed by atoms with E-state index in [1.807, 2.05) is 23.2 Å². The van der Waals surface area contributed by atoms with E-state index in [2.05, 4.69) is 15.0 Å². The Balaban J connectivity index is 2.09. The van der Waals surface area contributed by atoms with Gasteiger partial charge in [-0.15, -0.1) is 0 Å². The third kappa shape index (κ3) is 3.09. The summed E-state index contributed by atoms with van der Waals surface area (Å²) in [6.07, 6.45) is 4.31. The van der Waals surface area contributed by atoms with Gasteiger partial charge in [-0.3, -0.25) is 0 Å². The molecule has 2 rings (SSSR count). The highest BCUT2D eigenvalue weighted by Gasteiger charge is 2.09. The lowest BCUT2D eigenvalue weighted by atomic mass is 10.1. The Labute approximate surface area is 104 Å². The van der Waals surface area contributed by atoms with Gasteiger partial charge in [0.05, 0.1) is 13.1 Å². The second-order valence-corrected chi connectivity index (χ2v) is 3.89. The Hall–Kier alpha value is -2.33. The molecule has 0 aliphatic carbocycles. The van der Waals surface area contributed by atoms with E-state index < -0.39 is 0 Å². The van der Waals surface area contributed by atoms with Gasteiger partial charge >= 0.3 is 0 Å². The maximum absolute atomic E-state index is 13.1. The molecule has 0 radical (unpaired) electrons. The monoisotopic (exact) mass is 246 g/mol. The molecule has 0 aliphatic heterocycles. The van der Waals surface area contributed by atoms with Crippen molar-refractivity contribution >= 4 is 0 Å². The Bertz CT molecular complexity index is 571. The molecule has 5 nitrogen and oxygen atoms in total. The van der Waals surface area contributed by atoms with Crippen LogP contribution in [0.4, 0.5) is 4.39 Å². The summed E-state index contributed by atoms with van der Waals surface area (Å²) in [6, 6.07) is 6.52. The maximum Gasteiger partial charge on any atom is 0.241 e. The quantitative estimate of drug-likeness (QED) is 0.364. The van der Waals surface area contributed by atoms with E-state index >= 15 is 0 Å². The fourth-order valence-corrected chi connectivity index (χ4v) is 1.80. The highest BCUT2D eigenvalue weighted by atomic mass is 19.1. The van der Waals surface area contributed by atoms with Crippen molar-refractivity contribution < 1.29 is 8.96 Å². The molecule has 0 spiro atoms. The highest BCUT2D eigenvalue weighted by Crippen LogP contribution is 2.07. The van der Waals surface area contributed by atoms with E-state index in [1.165, 1.54) is 12.1 Å². The highest BCUT2D eigenvalue weighted by molar-refractivity contribution is 5.20. The normalized spacial score (nSPS) is 10.1. The Kier molecular flexibility index (Phi) is 3.94. The van der Waals surface area contributed by atoms with Crippen molar-refractivity contribution in [2.75, 3.05) is 6.54 Å². The molecule has 0 aliphatic rings. The molecule has 1 N–H and O–H groups in total. The van der Waals surface area contributed by atoms with Crippen LogP contribution in [-0.4, -0.2) is 11.5 Å². The predicted molar refractivity (Wildman–Crippen MR) is 64.2 cm³/mol. The van der Waals surface area contributed by atoms with Gasteiger partial charge in [-0.05, 0) is 23.2 Å². The molecular formula is C12H13FN5+. The summed E-state index contributed by atoms with van der Waals surface area (Å²) in [5, 5.41) is 3.49. The summed E-state index contributed by atoms with van der Waals surface area (Å²) in [7, 11) is 0. The van der Waals surface area contributed by atoms with Crippen LogP contribution in [0.25, 0.3) is 10.4 Å². The maximum atomic E-state index is 13.1. The smallest absolute Gasteiger partial charge is 0.241 e. The Morgan fingerprint density at radius 2 is 2.33 bits per heavy atom. The number of rotatable bonds is 5. The number of imidazole rings is 1. The van der Waals surface area contributed by atoms with Gasteiger partial charge < -0.3 is 0 Å². The van der Waals surface area contributed by atoms with Crippen LogP contribution in [0.1, 0.15) is 11.3 Å². The van der Waals surface area contributed by atoms with Crippen LogP contribution >= 0.6 is 0 Å². The zero-order valence-electron chi connectivity index (χ0n) is 9.75. The molecule has 0 saturated heterocycles. The largest absolute Gasteiger partial charge is 0.250 e. The molecule has 92 valence electrons. The predicted octanol–water partition coefficient (Wildman–Crippen LogP) is 2.34. The van der Waals surface area contributed by atoms with Crippen LogP contribution in [-0.2, 0) is 13.0 Å². The Morgan fingerprint density at radius 1 is 1.44 bits per heavy atom. The topological polar surface area (TPSA) is 68.4 Å². The summed E-state index contributed by atoms with van der Waals surface area (Å²) in [6.45, 7) is 1.01. The number of hydrogen-bond acceptors (Lipinski definition) is 1. The number of hydrogen-bond donors (Lipinski definition) is 1. The van der Waals surface area contributed by atoms with Gasteiger partial charge in [0, 0.05) is 11.3 Å². The number of halogens is 1. The standard InChI is InChI=1S/C12H12FN5/c13-11-3-1-2-10(6-11)7-12-8-15-9-18(12)5-4-16-17-14/h1-3,6,8-9H,4-5,7H2/p+1. The summed E-state index contributed by atoms with van der Waals surface area (Å²) in [5.74, 6) is -0.233. The minimum Gasteiger partial charge on any atom is -0.250 e. The molecule has 0 fully saturated rings. The molecule has 6 heteroatoms. The number of nitrogens with one attached hydrogen (secondary N) is 1. The molecule has 0 atom stereocenters. The van der Waals surface area contributed by atoms with Crippen LogP contribution in [0.15, 0.2) is 41.9 Å². The van der Waals surface area contributed by atoms with E-state index in [0.717, 1.165) is 11.3 Å². The van der Waals surface area contributed by atoms with Gasteiger partial charge in [0.1, 0.15) is 17.7 Å². The van der Waals surface area contributed by atoms with Crippen molar-refractivity contribution in [2.24, 2.45) is 5.11 Å². The van der Waals surface area contributed by atoms with E-state index in [0.29, 0.717) is 19.5 Å². The van der Waals surface area contributed by atoms with E-state index in [-0.39, 0.29) is 5.82 Å². The molecule has 1 aromatic heterocycles. The molecule has 0 saturated carbocycles. The third-order valence-corrected chi connectivity index (χ3v) is 2.63. The average Bonchev–Trinajstić information content (AvgIpc) is 2.77. The Morgan fingerprint density at radius 3 is 3.11 bits per heavy atom. The first-order valence-electron chi connectivity index (χ1n) is 5.60. The zero-order valence-corrected chi connectivity index (χ0v) is 9.75. The number of benzene rings is 1. The van der Waals surface area contributed by atoms with Gasteiger partial charge in [0.25, 0.3) is 0 Å². The third-order valence-electron chi connectivity index (χ3n) is 2.63. The van der Waals surface area contributed by atoms with Gasteiger partial charge in [0.15, 0.2) is 0 Å². The van der Waals surface area contributed by atoms with Crippen molar-refractivity contribution in [1.29, 1.82) is 0 Å². The number of aromatic amines is 1. The molecule has 0 bridgehead atoms. The van der Waals surface area contributed by atoms with Gasteiger partial charge in [-0.2, -0.15) is 0 Å². The molecule has 1 aromatic carbocycles. The van der Waals surface area contributed by atoms with Crippen LogP contribution in [0.5, 0.6) is 0 Å². The van der Waals surface area contributed by atoms with Crippen LogP contribution in [0.3, 0.4) is 0 Å². The van der Waals surface area contributed by atoms with Crippen LogP contribution in [0, 0.1) is 5.82 Å². The van der Waals surface area contributed by atoms with Crippen molar-refractivity contribution in [3.63, 3.8) is 0 Å². The minimum absolute atomic E-state index is 0.233. The van der Waals surface area contributed by atoms with E-state index in [1.54, 1.807) is 6.07 Å². The van der Waals surface area contributed by atoms with Crippen molar-refractivity contribution in [1.82, 2.24) is 4.98 Å². The van der Waals surface area contributed by atoms with E-state index in [4.69, 9.17) is 5.53 Å². The first-order valence-corrected chi connectivity index (χ1v) is 5.60. The summed E-state index contributed by atoms with van der Waals surface area (Å²) in [4.78, 5) is 5.71. The molecule has 0 unspecified atom stereocenters. The molecule has 1 heterocycles. The first-order chi connectivity index (χ1) is 8.79. The van der Waals surface area contributed by atoms with Gasteiger partial charge in [-0.25, -0.2) is 13.9 Å². The lowest BCUT2D eigenvalue weighted by molar-refractivity contribution is -0.699. The lowest BCUT2D eigenvalue weighted by Crippen LogP contribution is -2.37.